The van der Waals surface area contributed by atoms with Crippen molar-refractivity contribution < 1.29 is 4.79 Å². The van der Waals surface area contributed by atoms with E-state index in [1.807, 2.05) is 78.9 Å². The number of nitrogens with zero attached hydrogens (tertiary/aromatic N) is 1. The van der Waals surface area contributed by atoms with Gasteiger partial charge in [-0.05, 0) is 36.4 Å². The fourth-order valence-corrected chi connectivity index (χ4v) is 5.42. The number of hydrogen-bond donors (Lipinski definition) is 2. The van der Waals surface area contributed by atoms with Gasteiger partial charge in [0.1, 0.15) is 5.84 Å². The molecule has 2 N–H and O–H groups in total. The van der Waals surface area contributed by atoms with Crippen LogP contribution in [-0.2, 0) is 4.79 Å². The number of thioether (sulfide) groups is 1. The maximum Gasteiger partial charge on any atom is 0.237 e. The van der Waals surface area contributed by atoms with Crippen molar-refractivity contribution in [3.05, 3.63) is 89.5 Å². The van der Waals surface area contributed by atoms with Crippen LogP contribution in [0.1, 0.15) is 6.42 Å². The Labute approximate surface area is 177 Å². The van der Waals surface area contributed by atoms with Gasteiger partial charge in [-0.15, -0.1) is 0 Å². The molecule has 0 radical (unpaired) electrons. The van der Waals surface area contributed by atoms with Gasteiger partial charge >= 0.3 is 0 Å². The number of carbonyl (C=O) groups excluding carboxylic acids is 1. The lowest BCUT2D eigenvalue weighted by Gasteiger charge is -2.19. The van der Waals surface area contributed by atoms with Crippen molar-refractivity contribution in [3.63, 3.8) is 0 Å². The molecule has 1 amide bonds. The molecule has 0 aromatic heterocycles. The second kappa shape index (κ2) is 7.46. The highest BCUT2D eigenvalue weighted by molar-refractivity contribution is 8.03. The second-order valence-electron chi connectivity index (χ2n) is 6.67. The lowest BCUT2D eigenvalue weighted by molar-refractivity contribution is -0.116. The Kier molecular flexibility index (Phi) is 4.66. The second-order valence-corrected chi connectivity index (χ2v) is 8.84. The molecule has 6 heteroatoms. The molecule has 142 valence electrons. The van der Waals surface area contributed by atoms with Gasteiger partial charge in [0.25, 0.3) is 0 Å². The Morgan fingerprint density at radius 3 is 2.48 bits per heavy atom. The molecule has 0 atom stereocenters. The molecule has 29 heavy (non-hydrogen) atoms. The Morgan fingerprint density at radius 2 is 1.66 bits per heavy atom. The van der Waals surface area contributed by atoms with Crippen LogP contribution in [0.3, 0.4) is 0 Å². The molecule has 1 fully saturated rings. The summed E-state index contributed by atoms with van der Waals surface area (Å²) in [7, 11) is 0. The van der Waals surface area contributed by atoms with Gasteiger partial charge in [0.15, 0.2) is 0 Å². The number of hydrogen-bond acceptors (Lipinski definition) is 5. The monoisotopic (exact) mass is 415 g/mol. The zero-order chi connectivity index (χ0) is 19.8. The van der Waals surface area contributed by atoms with Crippen LogP contribution in [0.25, 0.3) is 0 Å². The van der Waals surface area contributed by atoms with Gasteiger partial charge in [-0.1, -0.05) is 66.0 Å². The highest BCUT2D eigenvalue weighted by atomic mass is 32.2. The molecule has 0 unspecified atom stereocenters. The Bertz CT molecular complexity index is 1130. The van der Waals surface area contributed by atoms with E-state index in [-0.39, 0.29) is 18.2 Å². The van der Waals surface area contributed by atoms with E-state index in [2.05, 4.69) is 5.32 Å². The summed E-state index contributed by atoms with van der Waals surface area (Å²) >= 11 is 3.19. The van der Waals surface area contributed by atoms with E-state index >= 15 is 0 Å². The van der Waals surface area contributed by atoms with Crippen LogP contribution >= 0.6 is 23.5 Å². The highest BCUT2D eigenvalue weighted by Crippen LogP contribution is 2.45. The van der Waals surface area contributed by atoms with Gasteiger partial charge in [0.05, 0.1) is 22.8 Å². The van der Waals surface area contributed by atoms with E-state index < -0.39 is 0 Å². The molecule has 0 bridgehead atoms. The van der Waals surface area contributed by atoms with Crippen molar-refractivity contribution in [2.45, 2.75) is 21.1 Å². The smallest absolute Gasteiger partial charge is 0.237 e. The van der Waals surface area contributed by atoms with Crippen molar-refractivity contribution in [1.29, 1.82) is 5.41 Å². The molecule has 1 saturated heterocycles. The first-order chi connectivity index (χ1) is 14.2. The number of para-hydroxylation sites is 2. The van der Waals surface area contributed by atoms with Crippen molar-refractivity contribution in [2.75, 3.05) is 10.2 Å². The number of benzene rings is 3. The highest BCUT2D eigenvalue weighted by Gasteiger charge is 2.36. The summed E-state index contributed by atoms with van der Waals surface area (Å²) in [6.07, 6.45) is 0.229. The zero-order valence-electron chi connectivity index (χ0n) is 15.4. The molecule has 5 rings (SSSR count). The first-order valence-corrected chi connectivity index (χ1v) is 10.8. The van der Waals surface area contributed by atoms with Crippen LogP contribution in [0.15, 0.2) is 104 Å². The molecule has 2 aliphatic rings. The normalized spacial score (nSPS) is 18.1. The minimum atomic E-state index is -0.0723. The molecule has 4 nitrogen and oxygen atoms in total. The fraction of sp³-hybridized carbons (Fsp3) is 0.0435. The topological polar surface area (TPSA) is 56.2 Å². The van der Waals surface area contributed by atoms with E-state index in [0.717, 1.165) is 36.7 Å². The van der Waals surface area contributed by atoms with Crippen LogP contribution < -0.4 is 10.2 Å². The Hall–Kier alpha value is -2.96. The lowest BCUT2D eigenvalue weighted by Crippen LogP contribution is -2.29. The SMILES string of the molecule is N=C1C(=C2Nc3ccccc3S2)CC(=O)N1c1ccccc1Sc1ccccc1. The summed E-state index contributed by atoms with van der Waals surface area (Å²) in [4.78, 5) is 17.6. The van der Waals surface area contributed by atoms with E-state index in [9.17, 15) is 4.79 Å². The minimum Gasteiger partial charge on any atom is -0.349 e. The number of anilines is 2. The number of amides is 1. The van der Waals surface area contributed by atoms with Crippen molar-refractivity contribution >= 4 is 46.6 Å². The Balaban J connectivity index is 1.48. The maximum atomic E-state index is 12.9. The minimum absolute atomic E-state index is 0.0723. The fourth-order valence-electron chi connectivity index (χ4n) is 3.41. The van der Waals surface area contributed by atoms with E-state index in [4.69, 9.17) is 5.41 Å². The van der Waals surface area contributed by atoms with Gasteiger partial charge in [0, 0.05) is 20.3 Å². The third kappa shape index (κ3) is 3.34. The number of rotatable bonds is 3. The van der Waals surface area contributed by atoms with Crippen LogP contribution in [0, 0.1) is 5.41 Å². The molecule has 0 aliphatic carbocycles. The number of fused-ring (bicyclic) bond motifs is 1. The van der Waals surface area contributed by atoms with Crippen molar-refractivity contribution in [3.8, 4) is 0 Å². The van der Waals surface area contributed by atoms with Crippen LogP contribution in [-0.4, -0.2) is 11.7 Å². The van der Waals surface area contributed by atoms with Crippen molar-refractivity contribution in [2.24, 2.45) is 0 Å². The summed E-state index contributed by atoms with van der Waals surface area (Å²) in [6, 6.07) is 25.9. The molecule has 0 saturated carbocycles. The maximum absolute atomic E-state index is 12.9. The number of nitrogens with one attached hydrogen (secondary N) is 2. The number of carbonyl (C=O) groups is 1. The summed E-state index contributed by atoms with van der Waals surface area (Å²) < 4.78 is 0. The summed E-state index contributed by atoms with van der Waals surface area (Å²) in [6.45, 7) is 0. The third-order valence-corrected chi connectivity index (χ3v) is 6.99. The summed E-state index contributed by atoms with van der Waals surface area (Å²) in [5.74, 6) is 0.177. The van der Waals surface area contributed by atoms with E-state index in [1.54, 1.807) is 28.4 Å². The third-order valence-electron chi connectivity index (χ3n) is 4.79. The average molecular weight is 416 g/mol. The molecule has 0 spiro atoms. The molecule has 3 aromatic rings. The molecule has 2 heterocycles. The van der Waals surface area contributed by atoms with E-state index in [1.165, 1.54) is 0 Å². The van der Waals surface area contributed by atoms with Gasteiger partial charge in [-0.3, -0.25) is 15.1 Å². The molecule has 3 aromatic carbocycles. The van der Waals surface area contributed by atoms with Crippen LogP contribution in [0.4, 0.5) is 11.4 Å². The summed E-state index contributed by atoms with van der Waals surface area (Å²) in [5, 5.41) is 13.0. The van der Waals surface area contributed by atoms with Gasteiger partial charge in [0.2, 0.25) is 5.91 Å². The van der Waals surface area contributed by atoms with Crippen LogP contribution in [0.5, 0.6) is 0 Å². The molecule has 2 aliphatic heterocycles. The lowest BCUT2D eigenvalue weighted by atomic mass is 10.2. The molecular weight excluding hydrogens is 398 g/mol. The zero-order valence-corrected chi connectivity index (χ0v) is 17.0. The first kappa shape index (κ1) is 18.1. The van der Waals surface area contributed by atoms with Crippen molar-refractivity contribution in [1.82, 2.24) is 0 Å². The number of amidine groups is 1. The predicted octanol–water partition coefficient (Wildman–Crippen LogP) is 5.98. The van der Waals surface area contributed by atoms with Gasteiger partial charge < -0.3 is 5.32 Å². The predicted molar refractivity (Wildman–Crippen MR) is 120 cm³/mol. The first-order valence-electron chi connectivity index (χ1n) is 9.21. The Morgan fingerprint density at radius 1 is 0.931 bits per heavy atom. The average Bonchev–Trinajstić information content (AvgIpc) is 3.30. The van der Waals surface area contributed by atoms with E-state index in [0.29, 0.717) is 0 Å². The largest absolute Gasteiger partial charge is 0.349 e. The van der Waals surface area contributed by atoms with Gasteiger partial charge in [-0.25, -0.2) is 0 Å². The standard InChI is InChI=1S/C23H17N3OS2/c24-22-16(23-25-17-10-4-6-12-19(17)29-23)14-21(27)26(22)18-11-5-7-13-20(18)28-15-8-2-1-3-9-15/h1-13,24-25H,14H2. The van der Waals surface area contributed by atoms with Gasteiger partial charge in [-0.2, -0.15) is 0 Å². The summed E-state index contributed by atoms with van der Waals surface area (Å²) in [5.41, 5.74) is 2.53. The van der Waals surface area contributed by atoms with Crippen LogP contribution in [0.2, 0.25) is 0 Å². The quantitative estimate of drug-likeness (QED) is 0.552. The molecular formula is C23H17N3OS2.